The van der Waals surface area contributed by atoms with Crippen molar-refractivity contribution in [3.05, 3.63) is 167 Å². The van der Waals surface area contributed by atoms with Crippen LogP contribution in [0.25, 0.3) is 61.9 Å². The average molecular weight is 561 g/mol. The number of allylic oxidation sites excluding steroid dienone is 10. The molecule has 204 valence electrons. The van der Waals surface area contributed by atoms with Crippen LogP contribution in [0.15, 0.2) is 139 Å². The van der Waals surface area contributed by atoms with E-state index in [1.54, 1.807) is 6.20 Å². The number of rotatable bonds is 2. The van der Waals surface area contributed by atoms with E-state index in [1.807, 2.05) is 6.07 Å². The summed E-state index contributed by atoms with van der Waals surface area (Å²) in [5, 5.41) is 15.0. The van der Waals surface area contributed by atoms with Crippen molar-refractivity contribution in [2.45, 2.75) is 0 Å². The maximum atomic E-state index is 4.57. The molecule has 1 N–H and O–H groups in total. The predicted octanol–water partition coefficient (Wildman–Crippen LogP) is 9.09. The van der Waals surface area contributed by atoms with E-state index in [2.05, 4.69) is 148 Å². The molecule has 0 aliphatic heterocycles. The van der Waals surface area contributed by atoms with Crippen LogP contribution in [0.3, 0.4) is 0 Å². The minimum Gasteiger partial charge on any atom is -0.354 e. The van der Waals surface area contributed by atoms with Gasteiger partial charge in [0.1, 0.15) is 0 Å². The number of nitrogens with zero attached hydrogens (tertiary/aromatic N) is 3. The summed E-state index contributed by atoms with van der Waals surface area (Å²) in [4.78, 5) is 3.75. The molecule has 10 rings (SSSR count). The van der Waals surface area contributed by atoms with Gasteiger partial charge in [-0.2, -0.15) is 0 Å². The molecule has 2 heterocycles. The second-order valence-corrected chi connectivity index (χ2v) is 11.8. The zero-order valence-electron chi connectivity index (χ0n) is 23.6. The summed E-state index contributed by atoms with van der Waals surface area (Å²) in [6.45, 7) is 0. The van der Waals surface area contributed by atoms with Crippen LogP contribution in [-0.2, 0) is 0 Å². The molecule has 1 spiro atoms. The third-order valence-electron chi connectivity index (χ3n) is 9.71. The number of benzene rings is 4. The predicted molar refractivity (Wildman–Crippen MR) is 179 cm³/mol. The number of para-hydroxylation sites is 1. The molecule has 1 atom stereocenters. The third kappa shape index (κ3) is 2.99. The van der Waals surface area contributed by atoms with Gasteiger partial charge in [-0.05, 0) is 85.2 Å². The molecule has 0 radical (unpaired) electrons. The van der Waals surface area contributed by atoms with Crippen molar-refractivity contribution < 1.29 is 0 Å². The van der Waals surface area contributed by atoms with Crippen LogP contribution in [0.5, 0.6) is 0 Å². The molecule has 1 unspecified atom stereocenters. The Kier molecular flexibility index (Phi) is 4.62. The van der Waals surface area contributed by atoms with Crippen molar-refractivity contribution in [1.82, 2.24) is 20.4 Å². The van der Waals surface area contributed by atoms with Crippen molar-refractivity contribution in [2.75, 3.05) is 0 Å². The molecule has 4 aliphatic carbocycles. The largest absolute Gasteiger partial charge is 0.354 e. The van der Waals surface area contributed by atoms with Crippen LogP contribution in [0, 0.1) is 5.41 Å². The highest BCUT2D eigenvalue weighted by Crippen LogP contribution is 2.64. The Hall–Kier alpha value is -5.87. The zero-order valence-corrected chi connectivity index (χ0v) is 23.6. The number of hydrogen-bond acceptors (Lipinski definition) is 3. The fraction of sp³-hybridized carbons (Fsp3) is 0.0250. The van der Waals surface area contributed by atoms with Gasteiger partial charge in [0.2, 0.25) is 0 Å². The molecular formula is C40H24N4. The molecule has 0 saturated heterocycles. The first-order chi connectivity index (χ1) is 21.8. The van der Waals surface area contributed by atoms with E-state index < -0.39 is 5.41 Å². The third-order valence-corrected chi connectivity index (χ3v) is 9.71. The molecule has 0 saturated carbocycles. The Morgan fingerprint density at radius 1 is 0.591 bits per heavy atom. The van der Waals surface area contributed by atoms with Gasteiger partial charge >= 0.3 is 0 Å². The Balaban J connectivity index is 1.31. The number of nitrogens with one attached hydrogen (secondary N) is 1. The lowest BCUT2D eigenvalue weighted by atomic mass is 9.59. The van der Waals surface area contributed by atoms with Crippen molar-refractivity contribution in [3.63, 3.8) is 0 Å². The first-order valence-corrected chi connectivity index (χ1v) is 15.0. The molecule has 0 fully saturated rings. The number of hydrogen-bond donors (Lipinski definition) is 1. The molecule has 6 aromatic rings. The van der Waals surface area contributed by atoms with Gasteiger partial charge in [0, 0.05) is 21.9 Å². The number of H-pyrrole nitrogens is 1. The lowest BCUT2D eigenvalue weighted by Gasteiger charge is -2.42. The van der Waals surface area contributed by atoms with Gasteiger partial charge < -0.3 is 4.98 Å². The molecule has 4 aliphatic rings. The summed E-state index contributed by atoms with van der Waals surface area (Å²) in [5.41, 5.74) is 16.1. The SMILES string of the molecule is C1=CC2(C3=Cc4ccccc4C3=C1)C1=Cc3ccccc3C1=CC=C2c1ccc2c([nH]c3ccccc32)c1-c1ccnnn1. The maximum Gasteiger partial charge on any atom is 0.0990 e. The van der Waals surface area contributed by atoms with Gasteiger partial charge in [0.05, 0.1) is 22.8 Å². The molecule has 4 heteroatoms. The van der Waals surface area contributed by atoms with Gasteiger partial charge in [-0.25, -0.2) is 0 Å². The van der Waals surface area contributed by atoms with E-state index in [-0.39, 0.29) is 0 Å². The normalized spacial score (nSPS) is 19.1. The standard InChI is InChI=1S/C40H24N4/c1-3-10-26-24(8-1)22-34-28(26)13-7-20-40(34)33(18-17-29-27-11-4-2-9-25(27)23-35(29)40)32-16-15-31-30-12-5-6-14-36(30)42-39(31)38(32)37-19-21-41-44-43-37/h1-23,42H. The van der Waals surface area contributed by atoms with Gasteiger partial charge in [-0.3, -0.25) is 0 Å². The summed E-state index contributed by atoms with van der Waals surface area (Å²) >= 11 is 0. The molecule has 44 heavy (non-hydrogen) atoms. The first kappa shape index (κ1) is 23.7. The van der Waals surface area contributed by atoms with Crippen LogP contribution in [0.1, 0.15) is 27.8 Å². The van der Waals surface area contributed by atoms with Crippen LogP contribution in [-0.4, -0.2) is 20.4 Å². The van der Waals surface area contributed by atoms with Gasteiger partial charge in [-0.1, -0.05) is 109 Å². The smallest absolute Gasteiger partial charge is 0.0990 e. The van der Waals surface area contributed by atoms with Crippen LogP contribution >= 0.6 is 0 Å². The molecular weight excluding hydrogens is 536 g/mol. The highest BCUT2D eigenvalue weighted by Gasteiger charge is 2.49. The number of aromatic nitrogens is 4. The van der Waals surface area contributed by atoms with Gasteiger partial charge in [0.25, 0.3) is 0 Å². The maximum absolute atomic E-state index is 4.57. The van der Waals surface area contributed by atoms with Crippen LogP contribution in [0.2, 0.25) is 0 Å². The lowest BCUT2D eigenvalue weighted by Crippen LogP contribution is -2.29. The molecule has 4 aromatic carbocycles. The Bertz CT molecular complexity index is 2410. The summed E-state index contributed by atoms with van der Waals surface area (Å²) in [7, 11) is 0. The minimum absolute atomic E-state index is 0.513. The second kappa shape index (κ2) is 8.59. The van der Waals surface area contributed by atoms with Gasteiger partial charge in [0.15, 0.2) is 0 Å². The first-order valence-electron chi connectivity index (χ1n) is 15.0. The average Bonchev–Trinajstić information content (AvgIpc) is 3.77. The summed E-state index contributed by atoms with van der Waals surface area (Å²) in [6.07, 6.45) is 18.1. The Morgan fingerprint density at radius 3 is 2.09 bits per heavy atom. The fourth-order valence-electron chi connectivity index (χ4n) is 7.88. The topological polar surface area (TPSA) is 54.5 Å². The molecule has 4 nitrogen and oxygen atoms in total. The monoisotopic (exact) mass is 560 g/mol. The Morgan fingerprint density at radius 2 is 1.32 bits per heavy atom. The van der Waals surface area contributed by atoms with Gasteiger partial charge in [-0.15, -0.1) is 10.2 Å². The lowest BCUT2D eigenvalue weighted by molar-refractivity contribution is 0.779. The highest BCUT2D eigenvalue weighted by molar-refractivity contribution is 6.16. The van der Waals surface area contributed by atoms with E-state index >= 15 is 0 Å². The van der Waals surface area contributed by atoms with E-state index in [9.17, 15) is 0 Å². The quantitative estimate of drug-likeness (QED) is 0.230. The van der Waals surface area contributed by atoms with Crippen LogP contribution < -0.4 is 0 Å². The number of aromatic amines is 1. The fourth-order valence-corrected chi connectivity index (χ4v) is 7.88. The van der Waals surface area contributed by atoms with Crippen molar-refractivity contribution in [2.24, 2.45) is 5.41 Å². The van der Waals surface area contributed by atoms with Crippen molar-refractivity contribution in [3.8, 4) is 11.3 Å². The van der Waals surface area contributed by atoms with E-state index in [0.29, 0.717) is 0 Å². The van der Waals surface area contributed by atoms with E-state index in [4.69, 9.17) is 0 Å². The van der Waals surface area contributed by atoms with Crippen LogP contribution in [0.4, 0.5) is 0 Å². The zero-order chi connectivity index (χ0) is 28.8. The van der Waals surface area contributed by atoms with Crippen molar-refractivity contribution in [1.29, 1.82) is 0 Å². The molecule has 2 aromatic heterocycles. The summed E-state index contributed by atoms with van der Waals surface area (Å²) < 4.78 is 0. The van der Waals surface area contributed by atoms with Crippen molar-refractivity contribution >= 4 is 50.7 Å². The highest BCUT2D eigenvalue weighted by atomic mass is 15.3. The summed E-state index contributed by atoms with van der Waals surface area (Å²) in [5.74, 6) is 0. The second-order valence-electron chi connectivity index (χ2n) is 11.8. The number of fused-ring (bicyclic) bond motifs is 11. The van der Waals surface area contributed by atoms with E-state index in [1.165, 1.54) is 60.9 Å². The Labute approximate surface area is 253 Å². The molecule has 0 amide bonds. The minimum atomic E-state index is -0.513. The summed E-state index contributed by atoms with van der Waals surface area (Å²) in [6, 6.07) is 32.5. The van der Waals surface area contributed by atoms with E-state index in [0.717, 1.165) is 27.9 Å². The molecule has 0 bridgehead atoms.